The number of hydrogen-bond acceptors (Lipinski definition) is 2. The Morgan fingerprint density at radius 2 is 1.89 bits per heavy atom. The predicted octanol–water partition coefficient (Wildman–Crippen LogP) is 4.70. The minimum Gasteiger partial charge on any atom is -0.312 e. The molecule has 0 amide bonds. The van der Waals surface area contributed by atoms with Gasteiger partial charge in [0, 0.05) is 21.7 Å². The fraction of sp³-hybridized carbons (Fsp3) is 0.250. The maximum atomic E-state index is 6.20. The standard InChI is InChI=1S/C16H18ClNS/c1-12-8-9-13(10-15(12)17)16(18-2)11-19-14-6-4-3-5-7-14/h3-10,16,18H,11H2,1-2H3. The Kier molecular flexibility index (Phi) is 5.32. The van der Waals surface area contributed by atoms with E-state index in [9.17, 15) is 0 Å². The molecule has 0 saturated carbocycles. The summed E-state index contributed by atoms with van der Waals surface area (Å²) in [5.41, 5.74) is 2.36. The largest absolute Gasteiger partial charge is 0.312 e. The van der Waals surface area contributed by atoms with Crippen molar-refractivity contribution >= 4 is 23.4 Å². The van der Waals surface area contributed by atoms with Gasteiger partial charge in [-0.15, -0.1) is 11.8 Å². The molecule has 0 fully saturated rings. The van der Waals surface area contributed by atoms with Gasteiger partial charge in [0.2, 0.25) is 0 Å². The first kappa shape index (κ1) is 14.4. The van der Waals surface area contributed by atoms with Gasteiger partial charge in [-0.05, 0) is 43.3 Å². The second-order valence-electron chi connectivity index (χ2n) is 4.47. The molecule has 0 spiro atoms. The maximum absolute atomic E-state index is 6.20. The summed E-state index contributed by atoms with van der Waals surface area (Å²) in [6.45, 7) is 2.03. The lowest BCUT2D eigenvalue weighted by atomic mass is 10.1. The lowest BCUT2D eigenvalue weighted by Gasteiger charge is -2.17. The molecule has 0 aliphatic heterocycles. The molecule has 0 aliphatic rings. The van der Waals surface area contributed by atoms with Crippen molar-refractivity contribution in [3.63, 3.8) is 0 Å². The predicted molar refractivity (Wildman–Crippen MR) is 85.2 cm³/mol. The second-order valence-corrected chi connectivity index (χ2v) is 5.97. The van der Waals surface area contributed by atoms with Crippen LogP contribution in [0.5, 0.6) is 0 Å². The molecule has 3 heteroatoms. The van der Waals surface area contributed by atoms with Crippen LogP contribution in [0.4, 0.5) is 0 Å². The summed E-state index contributed by atoms with van der Waals surface area (Å²) in [4.78, 5) is 1.29. The quantitative estimate of drug-likeness (QED) is 0.801. The van der Waals surface area contributed by atoms with Crippen molar-refractivity contribution in [3.05, 3.63) is 64.7 Å². The van der Waals surface area contributed by atoms with Crippen molar-refractivity contribution in [2.24, 2.45) is 0 Å². The van der Waals surface area contributed by atoms with Gasteiger partial charge in [0.15, 0.2) is 0 Å². The van der Waals surface area contributed by atoms with Crippen LogP contribution in [-0.2, 0) is 0 Å². The summed E-state index contributed by atoms with van der Waals surface area (Å²) < 4.78 is 0. The summed E-state index contributed by atoms with van der Waals surface area (Å²) in [6, 6.07) is 17.0. The van der Waals surface area contributed by atoms with Gasteiger partial charge >= 0.3 is 0 Å². The van der Waals surface area contributed by atoms with Gasteiger partial charge < -0.3 is 5.32 Å². The van der Waals surface area contributed by atoms with E-state index in [1.807, 2.05) is 31.8 Å². The molecule has 1 atom stereocenters. The van der Waals surface area contributed by atoms with E-state index in [0.29, 0.717) is 6.04 Å². The lowest BCUT2D eigenvalue weighted by Crippen LogP contribution is -2.18. The normalized spacial score (nSPS) is 12.4. The van der Waals surface area contributed by atoms with Crippen LogP contribution >= 0.6 is 23.4 Å². The zero-order valence-electron chi connectivity index (χ0n) is 11.2. The molecule has 0 aliphatic carbocycles. The summed E-state index contributed by atoms with van der Waals surface area (Å²) in [5.74, 6) is 0.986. The van der Waals surface area contributed by atoms with Crippen LogP contribution in [0.3, 0.4) is 0 Å². The fourth-order valence-corrected chi connectivity index (χ4v) is 3.13. The van der Waals surface area contributed by atoms with E-state index in [-0.39, 0.29) is 0 Å². The van der Waals surface area contributed by atoms with Crippen molar-refractivity contribution < 1.29 is 0 Å². The highest BCUT2D eigenvalue weighted by Crippen LogP contribution is 2.27. The average Bonchev–Trinajstić information content (AvgIpc) is 2.44. The number of halogens is 1. The van der Waals surface area contributed by atoms with E-state index in [1.165, 1.54) is 10.5 Å². The molecule has 1 N–H and O–H groups in total. The molecule has 0 heterocycles. The Balaban J connectivity index is 2.05. The van der Waals surface area contributed by atoms with Crippen LogP contribution in [0.15, 0.2) is 53.4 Å². The van der Waals surface area contributed by atoms with Crippen molar-refractivity contribution in [1.82, 2.24) is 5.32 Å². The van der Waals surface area contributed by atoms with Crippen LogP contribution in [0.25, 0.3) is 0 Å². The number of benzene rings is 2. The third-order valence-corrected chi connectivity index (χ3v) is 4.62. The summed E-state index contributed by atoms with van der Waals surface area (Å²) in [6.07, 6.45) is 0. The minimum atomic E-state index is 0.309. The lowest BCUT2D eigenvalue weighted by molar-refractivity contribution is 0.662. The highest BCUT2D eigenvalue weighted by atomic mass is 35.5. The van der Waals surface area contributed by atoms with Gasteiger partial charge in [0.1, 0.15) is 0 Å². The highest BCUT2D eigenvalue weighted by molar-refractivity contribution is 7.99. The van der Waals surface area contributed by atoms with Crippen molar-refractivity contribution in [2.75, 3.05) is 12.8 Å². The molecule has 1 nitrogen and oxygen atoms in total. The maximum Gasteiger partial charge on any atom is 0.0438 e. The van der Waals surface area contributed by atoms with E-state index in [0.717, 1.165) is 16.3 Å². The summed E-state index contributed by atoms with van der Waals surface area (Å²) in [5, 5.41) is 4.19. The molecule has 2 aromatic carbocycles. The Bertz CT molecular complexity index is 528. The van der Waals surface area contributed by atoms with Gasteiger partial charge in [-0.3, -0.25) is 0 Å². The number of nitrogens with one attached hydrogen (secondary N) is 1. The highest BCUT2D eigenvalue weighted by Gasteiger charge is 2.10. The molecule has 2 aromatic rings. The Hall–Kier alpha value is -0.960. The molecule has 100 valence electrons. The van der Waals surface area contributed by atoms with E-state index in [1.54, 1.807) is 0 Å². The SMILES string of the molecule is CNC(CSc1ccccc1)c1ccc(C)c(Cl)c1. The molecular weight excluding hydrogens is 274 g/mol. The third kappa shape index (κ3) is 4.00. The van der Waals surface area contributed by atoms with Crippen LogP contribution in [0.1, 0.15) is 17.2 Å². The molecule has 0 bridgehead atoms. The Morgan fingerprint density at radius 1 is 1.16 bits per heavy atom. The zero-order valence-corrected chi connectivity index (χ0v) is 12.8. The van der Waals surface area contributed by atoms with Gasteiger partial charge in [-0.1, -0.05) is 41.9 Å². The minimum absolute atomic E-state index is 0.309. The van der Waals surface area contributed by atoms with Gasteiger partial charge in [0.05, 0.1) is 0 Å². The third-order valence-electron chi connectivity index (χ3n) is 3.11. The number of thioether (sulfide) groups is 1. The fourth-order valence-electron chi connectivity index (χ4n) is 1.87. The number of rotatable bonds is 5. The Labute approximate surface area is 124 Å². The molecule has 19 heavy (non-hydrogen) atoms. The average molecular weight is 292 g/mol. The van der Waals surface area contributed by atoms with Crippen LogP contribution in [0, 0.1) is 6.92 Å². The van der Waals surface area contributed by atoms with E-state index < -0.39 is 0 Å². The first-order chi connectivity index (χ1) is 9.20. The van der Waals surface area contributed by atoms with Crippen molar-refractivity contribution in [3.8, 4) is 0 Å². The number of aryl methyl sites for hydroxylation is 1. The van der Waals surface area contributed by atoms with Crippen LogP contribution in [0.2, 0.25) is 5.02 Å². The second kappa shape index (κ2) is 6.99. The monoisotopic (exact) mass is 291 g/mol. The van der Waals surface area contributed by atoms with E-state index in [2.05, 4.69) is 47.8 Å². The van der Waals surface area contributed by atoms with Gasteiger partial charge in [0.25, 0.3) is 0 Å². The van der Waals surface area contributed by atoms with Gasteiger partial charge in [-0.25, -0.2) is 0 Å². The Morgan fingerprint density at radius 3 is 2.53 bits per heavy atom. The van der Waals surface area contributed by atoms with Crippen LogP contribution in [-0.4, -0.2) is 12.8 Å². The molecule has 0 radical (unpaired) electrons. The first-order valence-electron chi connectivity index (χ1n) is 6.32. The number of hydrogen-bond donors (Lipinski definition) is 1. The zero-order chi connectivity index (χ0) is 13.7. The summed E-state index contributed by atoms with van der Waals surface area (Å²) >= 11 is 8.05. The molecule has 0 aromatic heterocycles. The van der Waals surface area contributed by atoms with Crippen LogP contribution < -0.4 is 5.32 Å². The van der Waals surface area contributed by atoms with Crippen molar-refractivity contribution in [2.45, 2.75) is 17.9 Å². The van der Waals surface area contributed by atoms with Gasteiger partial charge in [-0.2, -0.15) is 0 Å². The molecule has 0 saturated heterocycles. The van der Waals surface area contributed by atoms with E-state index in [4.69, 9.17) is 11.6 Å². The topological polar surface area (TPSA) is 12.0 Å². The first-order valence-corrected chi connectivity index (χ1v) is 7.68. The molecule has 2 rings (SSSR count). The molecule has 1 unspecified atom stereocenters. The smallest absolute Gasteiger partial charge is 0.0438 e. The summed E-state index contributed by atoms with van der Waals surface area (Å²) in [7, 11) is 1.99. The molecular formula is C16H18ClNS. The van der Waals surface area contributed by atoms with Crippen molar-refractivity contribution in [1.29, 1.82) is 0 Å². The van der Waals surface area contributed by atoms with E-state index >= 15 is 0 Å².